The number of nitrogens with zero attached hydrogens (tertiary/aromatic N) is 1. The van der Waals surface area contributed by atoms with E-state index >= 15 is 0 Å². The average molecular weight is 204 g/mol. The normalized spacial score (nSPS) is 9.70. The number of aldehydes is 1. The maximum absolute atomic E-state index is 9.91. The molecule has 1 heterocycles. The minimum atomic E-state index is 0.488. The predicted molar refractivity (Wildman–Crippen MR) is 38.6 cm³/mol. The van der Waals surface area contributed by atoms with Crippen LogP contribution in [0.5, 0.6) is 0 Å². The maximum Gasteiger partial charge on any atom is 0.149 e. The van der Waals surface area contributed by atoms with Gasteiger partial charge in [-0.1, -0.05) is 5.16 Å². The van der Waals surface area contributed by atoms with Crippen LogP contribution in [0.15, 0.2) is 15.2 Å². The second-order valence-electron chi connectivity index (χ2n) is 1.82. The quantitative estimate of drug-likeness (QED) is 0.701. The topological polar surface area (TPSA) is 43.1 Å². The van der Waals surface area contributed by atoms with Crippen molar-refractivity contribution < 1.29 is 9.32 Å². The molecule has 1 rings (SSSR count). The van der Waals surface area contributed by atoms with Crippen LogP contribution in [0.4, 0.5) is 0 Å². The van der Waals surface area contributed by atoms with Crippen molar-refractivity contribution >= 4 is 22.2 Å². The zero-order valence-corrected chi connectivity index (χ0v) is 6.80. The molecule has 0 aromatic carbocycles. The number of halogens is 1. The number of rotatable bonds is 3. The molecule has 0 spiro atoms. The Bertz CT molecular complexity index is 221. The van der Waals surface area contributed by atoms with Crippen LogP contribution in [0, 0.1) is 0 Å². The third-order valence-electron chi connectivity index (χ3n) is 1.04. The van der Waals surface area contributed by atoms with Gasteiger partial charge in [0.15, 0.2) is 0 Å². The Hall–Kier alpha value is -0.640. The molecular formula is C6H6BrNO2. The fourth-order valence-electron chi connectivity index (χ4n) is 0.607. The second kappa shape index (κ2) is 3.51. The Kier molecular flexibility index (Phi) is 2.62. The third-order valence-corrected chi connectivity index (χ3v) is 1.41. The second-order valence-corrected chi connectivity index (χ2v) is 2.63. The Morgan fingerprint density at radius 3 is 3.10 bits per heavy atom. The van der Waals surface area contributed by atoms with Gasteiger partial charge >= 0.3 is 0 Å². The first-order chi connectivity index (χ1) is 4.83. The van der Waals surface area contributed by atoms with Crippen molar-refractivity contribution in [2.24, 2.45) is 0 Å². The monoisotopic (exact) mass is 203 g/mol. The van der Waals surface area contributed by atoms with Gasteiger partial charge in [-0.2, -0.15) is 0 Å². The van der Waals surface area contributed by atoms with Gasteiger partial charge in [-0.25, -0.2) is 0 Å². The smallest absolute Gasteiger partial charge is 0.149 e. The highest BCUT2D eigenvalue weighted by Gasteiger charge is 1.99. The Morgan fingerprint density at radius 1 is 1.80 bits per heavy atom. The van der Waals surface area contributed by atoms with Gasteiger partial charge in [-0.3, -0.25) is 0 Å². The molecule has 3 nitrogen and oxygen atoms in total. The highest BCUT2D eigenvalue weighted by atomic mass is 79.9. The van der Waals surface area contributed by atoms with Crippen LogP contribution < -0.4 is 0 Å². The van der Waals surface area contributed by atoms with E-state index in [4.69, 9.17) is 4.52 Å². The van der Waals surface area contributed by atoms with Crippen LogP contribution in [0.2, 0.25) is 0 Å². The van der Waals surface area contributed by atoms with Crippen LogP contribution >= 0.6 is 15.9 Å². The third kappa shape index (κ3) is 1.95. The highest BCUT2D eigenvalue weighted by Crippen LogP contribution is 2.10. The first-order valence-electron chi connectivity index (χ1n) is 2.87. The van der Waals surface area contributed by atoms with Crippen molar-refractivity contribution in [1.29, 1.82) is 0 Å². The number of aromatic nitrogens is 1. The average Bonchev–Trinajstić information content (AvgIpc) is 2.31. The summed E-state index contributed by atoms with van der Waals surface area (Å²) >= 11 is 3.13. The lowest BCUT2D eigenvalue weighted by atomic mass is 10.3. The Balaban J connectivity index is 2.49. The molecule has 0 unspecified atom stereocenters. The van der Waals surface area contributed by atoms with Gasteiger partial charge in [-0.15, -0.1) is 0 Å². The van der Waals surface area contributed by atoms with Crippen molar-refractivity contribution in [2.75, 3.05) is 0 Å². The summed E-state index contributed by atoms with van der Waals surface area (Å²) in [6, 6.07) is 1.75. The molecule has 0 amide bonds. The molecule has 0 radical (unpaired) electrons. The molecule has 0 fully saturated rings. The van der Waals surface area contributed by atoms with Crippen molar-refractivity contribution in [1.82, 2.24) is 5.16 Å². The molecule has 10 heavy (non-hydrogen) atoms. The van der Waals surface area contributed by atoms with E-state index in [-0.39, 0.29) is 0 Å². The van der Waals surface area contributed by atoms with Crippen LogP contribution in [0.3, 0.4) is 0 Å². The minimum absolute atomic E-state index is 0.488. The van der Waals surface area contributed by atoms with E-state index in [0.29, 0.717) is 17.4 Å². The summed E-state index contributed by atoms with van der Waals surface area (Å²) in [6.07, 6.45) is 1.97. The van der Waals surface area contributed by atoms with Crippen molar-refractivity contribution in [3.05, 3.63) is 16.4 Å². The van der Waals surface area contributed by atoms with Gasteiger partial charge in [0.1, 0.15) is 16.6 Å². The molecule has 54 valence electrons. The lowest BCUT2D eigenvalue weighted by Gasteiger charge is -1.83. The number of carbonyl (C=O) groups excluding carboxylic acids is 1. The highest BCUT2D eigenvalue weighted by molar-refractivity contribution is 9.10. The van der Waals surface area contributed by atoms with Gasteiger partial charge in [0.25, 0.3) is 0 Å². The van der Waals surface area contributed by atoms with Gasteiger partial charge in [0.2, 0.25) is 0 Å². The van der Waals surface area contributed by atoms with Crippen molar-refractivity contribution in [2.45, 2.75) is 12.8 Å². The molecule has 1 aromatic heterocycles. The van der Waals surface area contributed by atoms with Crippen LogP contribution in [-0.2, 0) is 11.2 Å². The first kappa shape index (κ1) is 7.47. The summed E-state index contributed by atoms with van der Waals surface area (Å²) in [5.41, 5.74) is 0. The predicted octanol–water partition coefficient (Wildman–Crippen LogP) is 1.57. The number of aryl methyl sites for hydroxylation is 1. The van der Waals surface area contributed by atoms with Gasteiger partial charge in [-0.05, 0) is 15.9 Å². The standard InChI is InChI=1S/C6H6BrNO2/c7-6-4-5(10-8-6)2-1-3-9/h3-4H,1-2H2. The summed E-state index contributed by atoms with van der Waals surface area (Å²) in [5, 5.41) is 3.60. The summed E-state index contributed by atoms with van der Waals surface area (Å²) in [6.45, 7) is 0. The Morgan fingerprint density at radius 2 is 2.60 bits per heavy atom. The lowest BCUT2D eigenvalue weighted by Crippen LogP contribution is -1.80. The molecule has 0 aliphatic heterocycles. The summed E-state index contributed by atoms with van der Waals surface area (Å²) < 4.78 is 5.49. The fourth-order valence-corrected chi connectivity index (χ4v) is 0.934. The summed E-state index contributed by atoms with van der Waals surface area (Å²) in [5.74, 6) is 0.735. The molecule has 0 aliphatic carbocycles. The zero-order chi connectivity index (χ0) is 7.40. The van der Waals surface area contributed by atoms with E-state index < -0.39 is 0 Å². The number of hydrogen-bond acceptors (Lipinski definition) is 3. The molecular weight excluding hydrogens is 198 g/mol. The van der Waals surface area contributed by atoms with Crippen molar-refractivity contribution in [3.63, 3.8) is 0 Å². The first-order valence-corrected chi connectivity index (χ1v) is 3.67. The molecule has 0 aliphatic rings. The number of hydrogen-bond donors (Lipinski definition) is 0. The SMILES string of the molecule is O=CCCc1cc(Br)no1. The van der Waals surface area contributed by atoms with Gasteiger partial charge in [0.05, 0.1) is 0 Å². The van der Waals surface area contributed by atoms with Gasteiger partial charge < -0.3 is 9.32 Å². The molecule has 0 saturated heterocycles. The molecule has 0 N–H and O–H groups in total. The lowest BCUT2D eigenvalue weighted by molar-refractivity contribution is -0.107. The van der Waals surface area contributed by atoms with E-state index in [9.17, 15) is 4.79 Å². The van der Waals surface area contributed by atoms with Crippen molar-refractivity contribution in [3.8, 4) is 0 Å². The summed E-state index contributed by atoms with van der Waals surface area (Å²) in [7, 11) is 0. The van der Waals surface area contributed by atoms with E-state index in [2.05, 4.69) is 21.1 Å². The molecule has 0 atom stereocenters. The largest absolute Gasteiger partial charge is 0.360 e. The van der Waals surface area contributed by atoms with E-state index in [0.717, 1.165) is 12.0 Å². The maximum atomic E-state index is 9.91. The molecule has 0 bridgehead atoms. The fraction of sp³-hybridized carbons (Fsp3) is 0.333. The van der Waals surface area contributed by atoms with Crippen LogP contribution in [0.25, 0.3) is 0 Å². The summed E-state index contributed by atoms with van der Waals surface area (Å²) in [4.78, 5) is 9.91. The Labute approximate surface area is 66.5 Å². The molecule has 4 heteroatoms. The zero-order valence-electron chi connectivity index (χ0n) is 5.21. The van der Waals surface area contributed by atoms with Gasteiger partial charge in [0, 0.05) is 18.9 Å². The molecule has 0 saturated carbocycles. The minimum Gasteiger partial charge on any atom is -0.360 e. The van der Waals surface area contributed by atoms with Crippen LogP contribution in [-0.4, -0.2) is 11.4 Å². The van der Waals surface area contributed by atoms with E-state index in [1.54, 1.807) is 6.07 Å². The van der Waals surface area contributed by atoms with E-state index in [1.807, 2.05) is 0 Å². The van der Waals surface area contributed by atoms with E-state index in [1.165, 1.54) is 0 Å². The molecule has 1 aromatic rings. The van der Waals surface area contributed by atoms with Crippen LogP contribution in [0.1, 0.15) is 12.2 Å². The number of carbonyl (C=O) groups is 1.